The molecule has 190 valence electrons. The lowest BCUT2D eigenvalue weighted by atomic mass is 10.0. The normalized spacial score (nSPS) is 17.3. The summed E-state index contributed by atoms with van der Waals surface area (Å²) in [6.45, 7) is 3.01. The number of halogens is 2. The molecule has 0 spiro atoms. The SMILES string of the molecule is CC[C@H]1C[C@H](c2ccccn2)N(c2ccc3ncc(C(F)F)n3n2)C1.Cn1cccc(C(N)=O)c1=O.[HH]. The van der Waals surface area contributed by atoms with Crippen LogP contribution in [0.1, 0.15) is 55.4 Å². The maximum absolute atomic E-state index is 13.2. The quantitative estimate of drug-likeness (QED) is 0.449. The van der Waals surface area contributed by atoms with E-state index in [4.69, 9.17) is 5.73 Å². The number of anilines is 1. The Morgan fingerprint density at radius 3 is 2.64 bits per heavy atom. The van der Waals surface area contributed by atoms with E-state index in [2.05, 4.69) is 26.9 Å². The molecule has 0 bridgehead atoms. The van der Waals surface area contributed by atoms with E-state index in [1.807, 2.05) is 24.3 Å². The van der Waals surface area contributed by atoms with E-state index in [1.54, 1.807) is 31.6 Å². The van der Waals surface area contributed by atoms with Crippen molar-refractivity contribution in [1.29, 1.82) is 0 Å². The monoisotopic (exact) mass is 497 g/mol. The molecule has 11 heteroatoms. The standard InChI is InChI=1S/C18H19F2N5.C7H8N2O2.H2/c1-2-12-9-14(13-5-3-4-8-21-13)24(11-12)17-7-6-16-22-10-15(18(19)20)25(16)23-17;1-9-4-2-3-5(6(8)10)7(9)11;/h3-8,10,12,14,18H,2,9,11H2,1H3;2-4H,1H3,(H2,8,10);1H/t12-,14+;;/m0../s1. The van der Waals surface area contributed by atoms with Gasteiger partial charge in [-0.2, -0.15) is 0 Å². The van der Waals surface area contributed by atoms with Crippen molar-refractivity contribution in [3.05, 3.63) is 88.4 Å². The van der Waals surface area contributed by atoms with Crippen LogP contribution in [0.3, 0.4) is 0 Å². The van der Waals surface area contributed by atoms with E-state index < -0.39 is 12.3 Å². The predicted molar refractivity (Wildman–Crippen MR) is 133 cm³/mol. The molecule has 0 saturated carbocycles. The number of imidazole rings is 1. The van der Waals surface area contributed by atoms with Crippen molar-refractivity contribution in [2.45, 2.75) is 32.2 Å². The van der Waals surface area contributed by atoms with Crippen LogP contribution in [0.15, 0.2) is 65.8 Å². The van der Waals surface area contributed by atoms with Crippen molar-refractivity contribution >= 4 is 17.4 Å². The third kappa shape index (κ3) is 5.09. The Morgan fingerprint density at radius 1 is 1.19 bits per heavy atom. The molecule has 1 aliphatic heterocycles. The number of nitrogens with zero attached hydrogens (tertiary/aromatic N) is 6. The summed E-state index contributed by atoms with van der Waals surface area (Å²) in [5.41, 5.74) is 5.83. The Labute approximate surface area is 207 Å². The van der Waals surface area contributed by atoms with E-state index in [0.717, 1.165) is 25.1 Å². The molecule has 2 N–H and O–H groups in total. The van der Waals surface area contributed by atoms with Crippen LogP contribution in [-0.2, 0) is 7.05 Å². The topological polar surface area (TPSA) is 111 Å². The summed E-state index contributed by atoms with van der Waals surface area (Å²) < 4.78 is 28.9. The van der Waals surface area contributed by atoms with Crippen LogP contribution in [0.2, 0.25) is 0 Å². The number of aromatic nitrogens is 5. The highest BCUT2D eigenvalue weighted by Gasteiger charge is 2.34. The van der Waals surface area contributed by atoms with Crippen molar-refractivity contribution in [2.24, 2.45) is 18.7 Å². The molecule has 9 nitrogen and oxygen atoms in total. The highest BCUT2D eigenvalue weighted by Crippen LogP contribution is 2.38. The van der Waals surface area contributed by atoms with Crippen LogP contribution in [-0.4, -0.2) is 36.6 Å². The van der Waals surface area contributed by atoms with Crippen LogP contribution in [0.5, 0.6) is 0 Å². The van der Waals surface area contributed by atoms with Gasteiger partial charge in [-0.1, -0.05) is 19.4 Å². The number of carbonyl (C=O) groups excluding carboxylic acids is 1. The number of hydrogen-bond acceptors (Lipinski definition) is 6. The van der Waals surface area contributed by atoms with Crippen molar-refractivity contribution in [3.8, 4) is 0 Å². The average molecular weight is 498 g/mol. The van der Waals surface area contributed by atoms with Gasteiger partial charge in [0.25, 0.3) is 17.9 Å². The Balaban J connectivity index is 0.000000269. The van der Waals surface area contributed by atoms with Gasteiger partial charge < -0.3 is 15.2 Å². The Bertz CT molecular complexity index is 1410. The predicted octanol–water partition coefficient (Wildman–Crippen LogP) is 3.77. The fourth-order valence-electron chi connectivity index (χ4n) is 4.29. The second kappa shape index (κ2) is 10.6. The first-order valence-electron chi connectivity index (χ1n) is 11.6. The van der Waals surface area contributed by atoms with Gasteiger partial charge in [0.1, 0.15) is 17.1 Å². The van der Waals surface area contributed by atoms with Crippen LogP contribution < -0.4 is 16.2 Å². The first-order chi connectivity index (χ1) is 17.3. The van der Waals surface area contributed by atoms with Crippen molar-refractivity contribution in [1.82, 2.24) is 24.1 Å². The van der Waals surface area contributed by atoms with Gasteiger partial charge in [0.05, 0.1) is 17.9 Å². The summed E-state index contributed by atoms with van der Waals surface area (Å²) in [4.78, 5) is 32.3. The van der Waals surface area contributed by atoms with Crippen LogP contribution in [0.25, 0.3) is 5.65 Å². The third-order valence-electron chi connectivity index (χ3n) is 6.28. The maximum Gasteiger partial charge on any atom is 0.282 e. The third-order valence-corrected chi connectivity index (χ3v) is 6.28. The first kappa shape index (κ1) is 25.0. The first-order valence-corrected chi connectivity index (χ1v) is 11.6. The maximum atomic E-state index is 13.2. The Morgan fingerprint density at radius 2 is 2.00 bits per heavy atom. The molecular weight excluding hydrogens is 468 g/mol. The Hall–Kier alpha value is -4.15. The highest BCUT2D eigenvalue weighted by molar-refractivity contribution is 5.92. The molecule has 5 heterocycles. The number of nitrogens with two attached hydrogens (primary N) is 1. The number of hydrogen-bond donors (Lipinski definition) is 1. The van der Waals surface area contributed by atoms with Crippen LogP contribution >= 0.6 is 0 Å². The number of amides is 1. The second-order valence-corrected chi connectivity index (χ2v) is 8.58. The lowest BCUT2D eigenvalue weighted by Gasteiger charge is -2.25. The molecule has 2 atom stereocenters. The van der Waals surface area contributed by atoms with E-state index in [-0.39, 0.29) is 24.3 Å². The molecule has 36 heavy (non-hydrogen) atoms. The summed E-state index contributed by atoms with van der Waals surface area (Å²) in [6, 6.07) is 12.6. The summed E-state index contributed by atoms with van der Waals surface area (Å²) >= 11 is 0. The van der Waals surface area contributed by atoms with Gasteiger partial charge >= 0.3 is 0 Å². The lowest BCUT2D eigenvalue weighted by molar-refractivity contribution is 0.0998. The summed E-state index contributed by atoms with van der Waals surface area (Å²) in [7, 11) is 1.56. The summed E-state index contributed by atoms with van der Waals surface area (Å²) in [5, 5.41) is 4.46. The lowest BCUT2D eigenvalue weighted by Crippen LogP contribution is -2.27. The van der Waals surface area contributed by atoms with Crippen LogP contribution in [0.4, 0.5) is 14.6 Å². The van der Waals surface area contributed by atoms with Gasteiger partial charge in [0, 0.05) is 27.4 Å². The van der Waals surface area contributed by atoms with Gasteiger partial charge in [-0.05, 0) is 48.7 Å². The number of rotatable bonds is 5. The van der Waals surface area contributed by atoms with E-state index in [1.165, 1.54) is 21.3 Å². The molecule has 0 unspecified atom stereocenters. The number of pyridine rings is 2. The van der Waals surface area contributed by atoms with Gasteiger partial charge in [-0.25, -0.2) is 18.3 Å². The molecule has 0 radical (unpaired) electrons. The number of carbonyl (C=O) groups is 1. The molecule has 1 saturated heterocycles. The van der Waals surface area contributed by atoms with E-state index in [0.29, 0.717) is 17.4 Å². The molecule has 0 aromatic carbocycles. The minimum Gasteiger partial charge on any atom is -0.365 e. The zero-order chi connectivity index (χ0) is 25.8. The van der Waals surface area contributed by atoms with Gasteiger partial charge in [0.2, 0.25) is 0 Å². The molecule has 5 rings (SSSR count). The zero-order valence-corrected chi connectivity index (χ0v) is 20.0. The molecule has 0 aliphatic carbocycles. The minimum atomic E-state index is -2.61. The molecule has 4 aromatic heterocycles. The summed E-state index contributed by atoms with van der Waals surface area (Å²) in [6.07, 6.45) is 3.98. The molecular formula is C25H29F2N7O2. The van der Waals surface area contributed by atoms with Crippen molar-refractivity contribution in [2.75, 3.05) is 11.4 Å². The van der Waals surface area contributed by atoms with Crippen molar-refractivity contribution < 1.29 is 15.0 Å². The molecule has 1 aliphatic rings. The highest BCUT2D eigenvalue weighted by atomic mass is 19.3. The van der Waals surface area contributed by atoms with Crippen LogP contribution in [0, 0.1) is 5.92 Å². The van der Waals surface area contributed by atoms with Gasteiger partial charge in [0.15, 0.2) is 5.65 Å². The Kier molecular flexibility index (Phi) is 7.37. The van der Waals surface area contributed by atoms with E-state index >= 15 is 0 Å². The smallest absolute Gasteiger partial charge is 0.282 e. The summed E-state index contributed by atoms with van der Waals surface area (Å²) in [5.74, 6) is 0.520. The number of primary amides is 1. The largest absolute Gasteiger partial charge is 0.365 e. The zero-order valence-electron chi connectivity index (χ0n) is 20.0. The average Bonchev–Trinajstić information content (AvgIpc) is 3.50. The van der Waals surface area contributed by atoms with Gasteiger partial charge in [-0.15, -0.1) is 5.10 Å². The van der Waals surface area contributed by atoms with E-state index in [9.17, 15) is 18.4 Å². The molecule has 1 amide bonds. The number of fused-ring (bicyclic) bond motifs is 1. The molecule has 4 aromatic rings. The van der Waals surface area contributed by atoms with Gasteiger partial charge in [-0.3, -0.25) is 14.6 Å². The van der Waals surface area contributed by atoms with Crippen molar-refractivity contribution in [3.63, 3.8) is 0 Å². The fourth-order valence-corrected chi connectivity index (χ4v) is 4.29. The molecule has 1 fully saturated rings. The fraction of sp³-hybridized carbons (Fsp3) is 0.320. The second-order valence-electron chi connectivity index (χ2n) is 8.58. The number of alkyl halides is 2. The minimum absolute atomic E-state index is 0. The number of aryl methyl sites for hydroxylation is 1.